The molecular weight excluding hydrogens is 341 g/mol. The molecular formula is C22H28FN3O. The highest BCUT2D eigenvalue weighted by molar-refractivity contribution is 5.78. The van der Waals surface area contributed by atoms with Crippen LogP contribution in [0.2, 0.25) is 0 Å². The standard InChI is InChI=1S/C22H28FN3O/c23-21-9-7-19(8-10-21)11-12-24-22(27)18-26-14-4-13-25(15-16-26)17-20-5-2-1-3-6-20/h1-3,5-10H,4,11-18H2,(H,24,27). The molecule has 2 aromatic rings. The van der Waals surface area contributed by atoms with Gasteiger partial charge >= 0.3 is 0 Å². The highest BCUT2D eigenvalue weighted by Crippen LogP contribution is 2.09. The molecule has 3 rings (SSSR count). The highest BCUT2D eigenvalue weighted by atomic mass is 19.1. The number of halogens is 1. The minimum absolute atomic E-state index is 0.0635. The van der Waals surface area contributed by atoms with Gasteiger partial charge in [-0.15, -0.1) is 0 Å². The normalized spacial score (nSPS) is 16.0. The average molecular weight is 369 g/mol. The molecule has 1 N–H and O–H groups in total. The zero-order valence-corrected chi connectivity index (χ0v) is 15.7. The van der Waals surface area contributed by atoms with Gasteiger partial charge in [-0.25, -0.2) is 4.39 Å². The number of amides is 1. The van der Waals surface area contributed by atoms with Gasteiger partial charge in [0.15, 0.2) is 0 Å². The average Bonchev–Trinajstić information content (AvgIpc) is 2.89. The van der Waals surface area contributed by atoms with Crippen LogP contribution in [0, 0.1) is 5.82 Å². The van der Waals surface area contributed by atoms with Gasteiger partial charge in [-0.1, -0.05) is 42.5 Å². The van der Waals surface area contributed by atoms with Crippen molar-refractivity contribution in [1.82, 2.24) is 15.1 Å². The summed E-state index contributed by atoms with van der Waals surface area (Å²) in [4.78, 5) is 16.9. The lowest BCUT2D eigenvalue weighted by atomic mass is 10.1. The lowest BCUT2D eigenvalue weighted by Crippen LogP contribution is -2.39. The second-order valence-corrected chi connectivity index (χ2v) is 7.12. The topological polar surface area (TPSA) is 35.6 Å². The minimum Gasteiger partial charge on any atom is -0.355 e. The Labute approximate surface area is 161 Å². The fourth-order valence-electron chi connectivity index (χ4n) is 3.44. The molecule has 0 saturated carbocycles. The van der Waals surface area contributed by atoms with Crippen LogP contribution in [0.5, 0.6) is 0 Å². The number of nitrogens with one attached hydrogen (secondary N) is 1. The van der Waals surface area contributed by atoms with Crippen molar-refractivity contribution < 1.29 is 9.18 Å². The van der Waals surface area contributed by atoms with Gasteiger partial charge in [-0.05, 0) is 49.2 Å². The van der Waals surface area contributed by atoms with Crippen molar-refractivity contribution in [3.8, 4) is 0 Å². The lowest BCUT2D eigenvalue weighted by Gasteiger charge is -2.21. The van der Waals surface area contributed by atoms with Crippen molar-refractivity contribution in [2.45, 2.75) is 19.4 Å². The molecule has 144 valence electrons. The quantitative estimate of drug-likeness (QED) is 0.815. The SMILES string of the molecule is O=C(CN1CCCN(Cc2ccccc2)CC1)NCCc1ccc(F)cc1. The van der Waals surface area contributed by atoms with Crippen molar-refractivity contribution in [2.24, 2.45) is 0 Å². The second kappa shape index (κ2) is 10.2. The van der Waals surface area contributed by atoms with E-state index in [0.29, 0.717) is 13.1 Å². The van der Waals surface area contributed by atoms with E-state index in [1.54, 1.807) is 12.1 Å². The van der Waals surface area contributed by atoms with E-state index >= 15 is 0 Å². The van der Waals surface area contributed by atoms with Gasteiger partial charge in [-0.2, -0.15) is 0 Å². The fourth-order valence-corrected chi connectivity index (χ4v) is 3.44. The number of carbonyl (C=O) groups is 1. The summed E-state index contributed by atoms with van der Waals surface area (Å²) in [5.41, 5.74) is 2.37. The summed E-state index contributed by atoms with van der Waals surface area (Å²) in [6, 6.07) is 17.0. The van der Waals surface area contributed by atoms with Gasteiger partial charge in [0.05, 0.1) is 6.54 Å². The number of hydrogen-bond donors (Lipinski definition) is 1. The van der Waals surface area contributed by atoms with E-state index in [1.807, 2.05) is 6.07 Å². The van der Waals surface area contributed by atoms with E-state index in [9.17, 15) is 9.18 Å². The predicted octanol–water partition coefficient (Wildman–Crippen LogP) is 2.69. The van der Waals surface area contributed by atoms with Crippen molar-refractivity contribution in [3.63, 3.8) is 0 Å². The van der Waals surface area contributed by atoms with Crippen LogP contribution in [0.15, 0.2) is 54.6 Å². The van der Waals surface area contributed by atoms with Crippen molar-refractivity contribution in [2.75, 3.05) is 39.3 Å². The summed E-state index contributed by atoms with van der Waals surface area (Å²) in [6.45, 7) is 5.92. The van der Waals surface area contributed by atoms with Crippen molar-refractivity contribution in [3.05, 3.63) is 71.5 Å². The zero-order valence-electron chi connectivity index (χ0n) is 15.7. The molecule has 1 heterocycles. The first-order valence-corrected chi connectivity index (χ1v) is 9.69. The summed E-state index contributed by atoms with van der Waals surface area (Å²) in [7, 11) is 0. The zero-order chi connectivity index (χ0) is 18.9. The molecule has 1 fully saturated rings. The molecule has 0 unspecified atom stereocenters. The largest absolute Gasteiger partial charge is 0.355 e. The Balaban J connectivity index is 1.36. The molecule has 27 heavy (non-hydrogen) atoms. The highest BCUT2D eigenvalue weighted by Gasteiger charge is 2.17. The molecule has 0 radical (unpaired) electrons. The summed E-state index contributed by atoms with van der Waals surface area (Å²) in [6.07, 6.45) is 1.80. The van der Waals surface area contributed by atoms with Crippen LogP contribution in [0.3, 0.4) is 0 Å². The number of hydrogen-bond acceptors (Lipinski definition) is 3. The third kappa shape index (κ3) is 6.77. The van der Waals surface area contributed by atoms with Gasteiger partial charge in [-0.3, -0.25) is 14.6 Å². The summed E-state index contributed by atoms with van der Waals surface area (Å²) in [5.74, 6) is -0.168. The molecule has 1 aliphatic rings. The Bertz CT molecular complexity index is 705. The summed E-state index contributed by atoms with van der Waals surface area (Å²) in [5, 5.41) is 2.98. The second-order valence-electron chi connectivity index (χ2n) is 7.12. The Hall–Kier alpha value is -2.24. The number of nitrogens with zero attached hydrogens (tertiary/aromatic N) is 2. The van der Waals surface area contributed by atoms with E-state index in [2.05, 4.69) is 39.4 Å². The number of benzene rings is 2. The molecule has 1 saturated heterocycles. The van der Waals surface area contributed by atoms with Gasteiger partial charge in [0.2, 0.25) is 5.91 Å². The van der Waals surface area contributed by atoms with E-state index in [0.717, 1.165) is 51.1 Å². The molecule has 1 aliphatic heterocycles. The molecule has 5 heteroatoms. The van der Waals surface area contributed by atoms with Crippen molar-refractivity contribution >= 4 is 5.91 Å². The van der Waals surface area contributed by atoms with Crippen LogP contribution in [0.4, 0.5) is 4.39 Å². The van der Waals surface area contributed by atoms with Crippen molar-refractivity contribution in [1.29, 1.82) is 0 Å². The molecule has 4 nitrogen and oxygen atoms in total. The molecule has 0 aromatic heterocycles. The lowest BCUT2D eigenvalue weighted by molar-refractivity contribution is -0.122. The third-order valence-corrected chi connectivity index (χ3v) is 4.95. The maximum Gasteiger partial charge on any atom is 0.234 e. The van der Waals surface area contributed by atoms with E-state index in [4.69, 9.17) is 0 Å². The van der Waals surface area contributed by atoms with Gasteiger partial charge in [0, 0.05) is 26.2 Å². The number of rotatable bonds is 7. The first-order valence-electron chi connectivity index (χ1n) is 9.69. The monoisotopic (exact) mass is 369 g/mol. The first kappa shape index (κ1) is 19.5. The Kier molecular flexibility index (Phi) is 7.36. The van der Waals surface area contributed by atoms with Crippen LogP contribution >= 0.6 is 0 Å². The Morgan fingerprint density at radius 2 is 1.59 bits per heavy atom. The van der Waals surface area contributed by atoms with E-state index in [-0.39, 0.29) is 11.7 Å². The summed E-state index contributed by atoms with van der Waals surface area (Å²) < 4.78 is 12.9. The Morgan fingerprint density at radius 3 is 2.37 bits per heavy atom. The third-order valence-electron chi connectivity index (χ3n) is 4.95. The first-order chi connectivity index (χ1) is 13.2. The van der Waals surface area contributed by atoms with Gasteiger partial charge < -0.3 is 5.32 Å². The van der Waals surface area contributed by atoms with E-state index in [1.165, 1.54) is 17.7 Å². The summed E-state index contributed by atoms with van der Waals surface area (Å²) >= 11 is 0. The molecule has 0 aliphatic carbocycles. The predicted molar refractivity (Wildman–Crippen MR) is 106 cm³/mol. The van der Waals surface area contributed by atoms with Gasteiger partial charge in [0.25, 0.3) is 0 Å². The molecule has 1 amide bonds. The maximum absolute atomic E-state index is 12.9. The maximum atomic E-state index is 12.9. The van der Waals surface area contributed by atoms with Gasteiger partial charge in [0.1, 0.15) is 5.82 Å². The van der Waals surface area contributed by atoms with Crippen LogP contribution in [0.25, 0.3) is 0 Å². The van der Waals surface area contributed by atoms with Crippen LogP contribution in [-0.4, -0.2) is 55.0 Å². The smallest absolute Gasteiger partial charge is 0.234 e. The number of carbonyl (C=O) groups excluding carboxylic acids is 1. The molecule has 2 aromatic carbocycles. The minimum atomic E-state index is -0.231. The Morgan fingerprint density at radius 1 is 0.889 bits per heavy atom. The van der Waals surface area contributed by atoms with Crippen LogP contribution in [0.1, 0.15) is 17.5 Å². The van der Waals surface area contributed by atoms with Crippen LogP contribution in [-0.2, 0) is 17.8 Å². The van der Waals surface area contributed by atoms with Crippen LogP contribution < -0.4 is 5.32 Å². The van der Waals surface area contributed by atoms with E-state index < -0.39 is 0 Å². The molecule has 0 bridgehead atoms. The fraction of sp³-hybridized carbons (Fsp3) is 0.409. The molecule has 0 atom stereocenters. The molecule has 0 spiro atoms.